The maximum absolute atomic E-state index is 13.2. The Bertz CT molecular complexity index is 738. The van der Waals surface area contributed by atoms with Gasteiger partial charge in [-0.15, -0.1) is 0 Å². The fraction of sp³-hybridized carbons (Fsp3) is 0.471. The van der Waals surface area contributed by atoms with Crippen LogP contribution in [0.15, 0.2) is 24.3 Å². The molecule has 0 saturated carbocycles. The number of pyridine rings is 1. The molecule has 0 spiro atoms. The second kappa shape index (κ2) is 7.19. The van der Waals surface area contributed by atoms with Crippen LogP contribution in [0.3, 0.4) is 0 Å². The molecule has 1 aromatic carbocycles. The molecule has 138 valence electrons. The first kappa shape index (κ1) is 19.5. The van der Waals surface area contributed by atoms with E-state index < -0.39 is 35.0 Å². The van der Waals surface area contributed by atoms with Gasteiger partial charge in [0.1, 0.15) is 5.69 Å². The number of nitrogens with zero attached hydrogens (tertiary/aromatic N) is 1. The first-order chi connectivity index (χ1) is 11.6. The van der Waals surface area contributed by atoms with Crippen molar-refractivity contribution in [2.45, 2.75) is 38.5 Å². The molecule has 25 heavy (non-hydrogen) atoms. The molecule has 0 N–H and O–H groups in total. The van der Waals surface area contributed by atoms with E-state index in [0.717, 1.165) is 12.1 Å². The highest BCUT2D eigenvalue weighted by Crippen LogP contribution is 2.39. The quantitative estimate of drug-likeness (QED) is 0.625. The number of benzene rings is 1. The molecule has 0 bridgehead atoms. The average Bonchev–Trinajstić information content (AvgIpc) is 2.52. The van der Waals surface area contributed by atoms with Crippen LogP contribution in [0.5, 0.6) is 0 Å². The minimum Gasteiger partial charge on any atom is -0.381 e. The van der Waals surface area contributed by atoms with Crippen molar-refractivity contribution in [2.24, 2.45) is 0 Å². The molecule has 2 aromatic rings. The van der Waals surface area contributed by atoms with E-state index in [9.17, 15) is 26.3 Å². The van der Waals surface area contributed by atoms with Crippen LogP contribution in [0.1, 0.15) is 43.0 Å². The number of rotatable bonds is 5. The molecule has 2 rings (SSSR count). The lowest BCUT2D eigenvalue weighted by atomic mass is 9.92. The van der Waals surface area contributed by atoms with E-state index in [-0.39, 0.29) is 17.6 Å². The van der Waals surface area contributed by atoms with Crippen molar-refractivity contribution < 1.29 is 31.1 Å². The molecular formula is C17H17F6NO. The molecule has 8 heteroatoms. The fourth-order valence-electron chi connectivity index (χ4n) is 2.67. The van der Waals surface area contributed by atoms with Gasteiger partial charge < -0.3 is 4.74 Å². The van der Waals surface area contributed by atoms with Gasteiger partial charge in [0.05, 0.1) is 17.7 Å². The van der Waals surface area contributed by atoms with Gasteiger partial charge in [0.15, 0.2) is 0 Å². The number of para-hydroxylation sites is 1. The van der Waals surface area contributed by atoms with E-state index in [1.165, 1.54) is 12.1 Å². The summed E-state index contributed by atoms with van der Waals surface area (Å²) in [6.07, 6.45) is -9.21. The van der Waals surface area contributed by atoms with Crippen molar-refractivity contribution >= 4 is 10.9 Å². The lowest BCUT2D eigenvalue weighted by molar-refractivity contribution is -0.142. The van der Waals surface area contributed by atoms with Crippen LogP contribution in [-0.4, -0.2) is 18.2 Å². The summed E-state index contributed by atoms with van der Waals surface area (Å²) in [7, 11) is 0. The van der Waals surface area contributed by atoms with E-state index in [0.29, 0.717) is 13.0 Å². The smallest absolute Gasteiger partial charge is 0.381 e. The summed E-state index contributed by atoms with van der Waals surface area (Å²) < 4.78 is 84.4. The summed E-state index contributed by atoms with van der Waals surface area (Å²) in [5, 5.41) is 0.0642. The maximum atomic E-state index is 13.2. The van der Waals surface area contributed by atoms with Crippen LogP contribution in [0, 0.1) is 0 Å². The highest BCUT2D eigenvalue weighted by molar-refractivity contribution is 5.86. The standard InChI is InChI=1S/C17H17F6NO/c1-3-10(9-25-4-2)12-8-14(17(21,22)23)24-15-11(12)6-5-7-13(15)16(18,19)20/h5-8,10H,3-4,9H2,1-2H3. The highest BCUT2D eigenvalue weighted by atomic mass is 19.4. The molecule has 1 atom stereocenters. The number of alkyl halides is 6. The number of fused-ring (bicyclic) bond motifs is 1. The third-order valence-electron chi connectivity index (χ3n) is 3.92. The van der Waals surface area contributed by atoms with Crippen LogP contribution in [-0.2, 0) is 17.1 Å². The zero-order valence-electron chi connectivity index (χ0n) is 13.6. The Balaban J connectivity index is 2.79. The van der Waals surface area contributed by atoms with Gasteiger partial charge in [-0.05, 0) is 31.0 Å². The van der Waals surface area contributed by atoms with Gasteiger partial charge in [0.25, 0.3) is 0 Å². The van der Waals surface area contributed by atoms with Crippen molar-refractivity contribution in [2.75, 3.05) is 13.2 Å². The molecule has 0 aliphatic rings. The molecule has 0 aliphatic heterocycles. The van der Waals surface area contributed by atoms with Gasteiger partial charge in [-0.25, -0.2) is 4.98 Å². The van der Waals surface area contributed by atoms with Crippen molar-refractivity contribution in [3.63, 3.8) is 0 Å². The SMILES string of the molecule is CCOCC(CC)c1cc(C(F)(F)F)nc2c(C(F)(F)F)cccc12. The Hall–Kier alpha value is -1.83. The van der Waals surface area contributed by atoms with E-state index >= 15 is 0 Å². The zero-order valence-corrected chi connectivity index (χ0v) is 13.6. The van der Waals surface area contributed by atoms with E-state index in [1.54, 1.807) is 13.8 Å². The van der Waals surface area contributed by atoms with Gasteiger partial charge in [0, 0.05) is 17.9 Å². The highest BCUT2D eigenvalue weighted by Gasteiger charge is 2.37. The second-order valence-corrected chi connectivity index (χ2v) is 5.56. The van der Waals surface area contributed by atoms with Crippen LogP contribution < -0.4 is 0 Å². The van der Waals surface area contributed by atoms with Gasteiger partial charge >= 0.3 is 12.4 Å². The van der Waals surface area contributed by atoms with Crippen LogP contribution in [0.25, 0.3) is 10.9 Å². The van der Waals surface area contributed by atoms with E-state index in [4.69, 9.17) is 4.74 Å². The summed E-state index contributed by atoms with van der Waals surface area (Å²) in [5.74, 6) is -0.463. The number of hydrogen-bond donors (Lipinski definition) is 0. The lowest BCUT2D eigenvalue weighted by Crippen LogP contribution is -2.15. The Kier molecular flexibility index (Phi) is 5.61. The fourth-order valence-corrected chi connectivity index (χ4v) is 2.67. The van der Waals surface area contributed by atoms with Crippen molar-refractivity contribution in [1.29, 1.82) is 0 Å². The van der Waals surface area contributed by atoms with Crippen molar-refractivity contribution in [3.05, 3.63) is 41.1 Å². The number of hydrogen-bond acceptors (Lipinski definition) is 2. The number of halogens is 6. The largest absolute Gasteiger partial charge is 0.433 e. The first-order valence-electron chi connectivity index (χ1n) is 7.75. The first-order valence-corrected chi connectivity index (χ1v) is 7.75. The summed E-state index contributed by atoms with van der Waals surface area (Å²) >= 11 is 0. The summed E-state index contributed by atoms with van der Waals surface area (Å²) in [6, 6.07) is 4.11. The molecule has 0 fully saturated rings. The molecule has 0 radical (unpaired) electrons. The average molecular weight is 365 g/mol. The van der Waals surface area contributed by atoms with Gasteiger partial charge in [-0.2, -0.15) is 26.3 Å². The second-order valence-electron chi connectivity index (χ2n) is 5.56. The Morgan fingerprint density at radius 2 is 1.72 bits per heavy atom. The Morgan fingerprint density at radius 1 is 1.04 bits per heavy atom. The summed E-state index contributed by atoms with van der Waals surface area (Å²) in [6.45, 7) is 3.97. The van der Waals surface area contributed by atoms with Crippen LogP contribution >= 0.6 is 0 Å². The monoisotopic (exact) mass is 365 g/mol. The third-order valence-corrected chi connectivity index (χ3v) is 3.92. The number of aromatic nitrogens is 1. The molecule has 2 nitrogen and oxygen atoms in total. The third kappa shape index (κ3) is 4.23. The van der Waals surface area contributed by atoms with Crippen LogP contribution in [0.2, 0.25) is 0 Å². The topological polar surface area (TPSA) is 22.1 Å². The van der Waals surface area contributed by atoms with Gasteiger partial charge in [-0.3, -0.25) is 0 Å². The predicted octanol–water partition coefficient (Wildman–Crippen LogP) is 5.80. The van der Waals surface area contributed by atoms with Crippen molar-refractivity contribution in [1.82, 2.24) is 4.98 Å². The van der Waals surface area contributed by atoms with Gasteiger partial charge in [-0.1, -0.05) is 19.1 Å². The van der Waals surface area contributed by atoms with E-state index in [1.807, 2.05) is 0 Å². The maximum Gasteiger partial charge on any atom is 0.433 e. The van der Waals surface area contributed by atoms with Crippen molar-refractivity contribution in [3.8, 4) is 0 Å². The Morgan fingerprint density at radius 3 is 2.24 bits per heavy atom. The normalized spacial score (nSPS) is 14.1. The molecule has 1 unspecified atom stereocenters. The molecular weight excluding hydrogens is 348 g/mol. The molecule has 0 aliphatic carbocycles. The summed E-state index contributed by atoms with van der Waals surface area (Å²) in [5.41, 5.74) is -3.03. The summed E-state index contributed by atoms with van der Waals surface area (Å²) in [4.78, 5) is 3.28. The minimum absolute atomic E-state index is 0.0642. The molecule has 1 aromatic heterocycles. The zero-order chi connectivity index (χ0) is 18.8. The Labute approximate surface area is 140 Å². The lowest BCUT2D eigenvalue weighted by Gasteiger charge is -2.20. The molecule has 1 heterocycles. The predicted molar refractivity (Wildman–Crippen MR) is 81.3 cm³/mol. The minimum atomic E-state index is -4.84. The molecule has 0 saturated heterocycles. The van der Waals surface area contributed by atoms with Gasteiger partial charge in [0.2, 0.25) is 0 Å². The van der Waals surface area contributed by atoms with Crippen LogP contribution in [0.4, 0.5) is 26.3 Å². The molecule has 0 amide bonds. The van der Waals surface area contributed by atoms with E-state index in [2.05, 4.69) is 4.98 Å². The number of ether oxygens (including phenoxy) is 1.